The van der Waals surface area contributed by atoms with E-state index in [0.29, 0.717) is 0 Å². The molecule has 1 aliphatic heterocycles. The van der Waals surface area contributed by atoms with Crippen LogP contribution in [0.5, 0.6) is 0 Å². The number of primary sulfonamides is 1. The second-order valence-corrected chi connectivity index (χ2v) is 5.84. The summed E-state index contributed by atoms with van der Waals surface area (Å²) in [5, 5.41) is 4.70. The molecule has 1 aliphatic rings. The highest BCUT2D eigenvalue weighted by Gasteiger charge is 2.28. The molecule has 0 atom stereocenters. The Morgan fingerprint density at radius 3 is 2.58 bits per heavy atom. The number of rotatable bonds is 3. The van der Waals surface area contributed by atoms with E-state index >= 15 is 0 Å². The number of esters is 1. The first-order valence-electron chi connectivity index (χ1n) is 5.09. The molecular weight excluding hydrogens is 301 g/mol. The molecule has 1 aromatic carbocycles. The highest BCUT2D eigenvalue weighted by atomic mass is 35.5. The van der Waals surface area contributed by atoms with E-state index in [4.69, 9.17) is 26.2 Å². The van der Waals surface area contributed by atoms with Gasteiger partial charge in [-0.1, -0.05) is 11.6 Å². The molecule has 6 nitrogen and oxygen atoms in total. The molecule has 0 amide bonds. The summed E-state index contributed by atoms with van der Waals surface area (Å²) >= 11 is 5.64. The van der Waals surface area contributed by atoms with Gasteiger partial charge < -0.3 is 9.47 Å². The van der Waals surface area contributed by atoms with Crippen molar-refractivity contribution in [2.45, 2.75) is 11.0 Å². The zero-order valence-corrected chi connectivity index (χ0v) is 11.0. The molecule has 1 saturated heterocycles. The predicted molar refractivity (Wildman–Crippen MR) is 62.8 cm³/mol. The number of ether oxygens (including phenoxy) is 2. The second kappa shape index (κ2) is 5.04. The van der Waals surface area contributed by atoms with Crippen LogP contribution in [-0.2, 0) is 19.5 Å². The van der Waals surface area contributed by atoms with Gasteiger partial charge in [-0.15, -0.1) is 0 Å². The largest absolute Gasteiger partial charge is 0.454 e. The van der Waals surface area contributed by atoms with E-state index in [2.05, 4.69) is 0 Å². The van der Waals surface area contributed by atoms with Crippen LogP contribution in [0.3, 0.4) is 0 Å². The Kier molecular flexibility index (Phi) is 3.77. The van der Waals surface area contributed by atoms with Crippen molar-refractivity contribution in [1.29, 1.82) is 0 Å². The first kappa shape index (κ1) is 14.2. The highest BCUT2D eigenvalue weighted by Crippen LogP contribution is 2.24. The van der Waals surface area contributed by atoms with Crippen molar-refractivity contribution in [3.63, 3.8) is 0 Å². The second-order valence-electron chi connectivity index (χ2n) is 3.88. The van der Waals surface area contributed by atoms with Crippen molar-refractivity contribution in [1.82, 2.24) is 0 Å². The Bertz CT molecular complexity index is 629. The van der Waals surface area contributed by atoms with Gasteiger partial charge in [0.1, 0.15) is 11.0 Å². The maximum absolute atomic E-state index is 13.9. The molecule has 0 saturated carbocycles. The van der Waals surface area contributed by atoms with Crippen molar-refractivity contribution in [2.75, 3.05) is 13.2 Å². The number of nitrogens with two attached hydrogens (primary N) is 1. The lowest BCUT2D eigenvalue weighted by Crippen LogP contribution is -2.38. The van der Waals surface area contributed by atoms with Crippen LogP contribution in [0.4, 0.5) is 4.39 Å². The number of benzene rings is 1. The van der Waals surface area contributed by atoms with Gasteiger partial charge in [0.25, 0.3) is 0 Å². The summed E-state index contributed by atoms with van der Waals surface area (Å²) in [6.45, 7) is 0.436. The van der Waals surface area contributed by atoms with Crippen LogP contribution in [-0.4, -0.2) is 33.7 Å². The van der Waals surface area contributed by atoms with Gasteiger partial charge in [0.15, 0.2) is 5.82 Å². The molecule has 1 aromatic rings. The molecule has 0 bridgehead atoms. The van der Waals surface area contributed by atoms with Crippen LogP contribution in [0.2, 0.25) is 5.02 Å². The number of hydrogen-bond donors (Lipinski definition) is 1. The topological polar surface area (TPSA) is 95.7 Å². The Labute approximate surface area is 113 Å². The fourth-order valence-corrected chi connectivity index (χ4v) is 2.35. The third kappa shape index (κ3) is 3.03. The average Bonchev–Trinajstić information content (AvgIpc) is 2.24. The van der Waals surface area contributed by atoms with Crippen LogP contribution in [0.25, 0.3) is 0 Å². The van der Waals surface area contributed by atoms with Crippen molar-refractivity contribution >= 4 is 27.6 Å². The van der Waals surface area contributed by atoms with Crippen molar-refractivity contribution in [3.8, 4) is 0 Å². The van der Waals surface area contributed by atoms with Crippen molar-refractivity contribution in [2.24, 2.45) is 5.14 Å². The smallest absolute Gasteiger partial charge is 0.341 e. The SMILES string of the molecule is NS(=O)(=O)c1cc(Cl)cc(C(=O)OC2COC2)c1F. The van der Waals surface area contributed by atoms with Gasteiger partial charge in [-0.25, -0.2) is 22.7 Å². The van der Waals surface area contributed by atoms with Crippen LogP contribution in [0.15, 0.2) is 17.0 Å². The van der Waals surface area contributed by atoms with Gasteiger partial charge >= 0.3 is 5.97 Å². The Hall–Kier alpha value is -1.22. The van der Waals surface area contributed by atoms with Crippen molar-refractivity contribution in [3.05, 3.63) is 28.5 Å². The predicted octanol–water partition coefficient (Wildman–Crippen LogP) is 0.682. The summed E-state index contributed by atoms with van der Waals surface area (Å²) in [6.07, 6.45) is -0.469. The minimum Gasteiger partial charge on any atom is -0.454 e. The number of carbonyl (C=O) groups excluding carboxylic acids is 1. The van der Waals surface area contributed by atoms with E-state index in [1.54, 1.807) is 0 Å². The Morgan fingerprint density at radius 2 is 2.11 bits per heavy atom. The van der Waals surface area contributed by atoms with Gasteiger partial charge in [-0.05, 0) is 12.1 Å². The zero-order chi connectivity index (χ0) is 14.2. The van der Waals surface area contributed by atoms with Crippen LogP contribution in [0, 0.1) is 5.82 Å². The van der Waals surface area contributed by atoms with E-state index < -0.39 is 38.4 Å². The Balaban J connectivity index is 2.39. The fourth-order valence-electron chi connectivity index (χ4n) is 1.42. The van der Waals surface area contributed by atoms with Gasteiger partial charge in [0, 0.05) is 5.02 Å². The van der Waals surface area contributed by atoms with Crippen molar-refractivity contribution < 1.29 is 27.1 Å². The minimum atomic E-state index is -4.32. The highest BCUT2D eigenvalue weighted by molar-refractivity contribution is 7.89. The lowest BCUT2D eigenvalue weighted by molar-refractivity contribution is -0.103. The summed E-state index contributed by atoms with van der Waals surface area (Å²) in [5.41, 5.74) is -0.580. The number of halogens is 2. The first-order valence-corrected chi connectivity index (χ1v) is 7.02. The van der Waals surface area contributed by atoms with E-state index in [9.17, 15) is 17.6 Å². The lowest BCUT2D eigenvalue weighted by atomic mass is 10.2. The molecule has 0 spiro atoms. The Morgan fingerprint density at radius 1 is 1.47 bits per heavy atom. The molecule has 0 aromatic heterocycles. The van der Waals surface area contributed by atoms with Crippen LogP contribution in [0.1, 0.15) is 10.4 Å². The quantitative estimate of drug-likeness (QED) is 0.828. The molecule has 2 rings (SSSR count). The van der Waals surface area contributed by atoms with E-state index in [1.807, 2.05) is 0 Å². The maximum Gasteiger partial charge on any atom is 0.341 e. The lowest BCUT2D eigenvalue weighted by Gasteiger charge is -2.25. The third-order valence-electron chi connectivity index (χ3n) is 2.41. The molecule has 0 unspecified atom stereocenters. The van der Waals surface area contributed by atoms with Gasteiger partial charge in [-0.2, -0.15) is 0 Å². The van der Waals surface area contributed by atoms with E-state index in [-0.39, 0.29) is 18.2 Å². The normalized spacial score (nSPS) is 15.9. The average molecular weight is 310 g/mol. The molecule has 19 heavy (non-hydrogen) atoms. The van der Waals surface area contributed by atoms with Crippen LogP contribution < -0.4 is 5.14 Å². The van der Waals surface area contributed by atoms with Gasteiger partial charge in [0.05, 0.1) is 18.8 Å². The van der Waals surface area contributed by atoms with Gasteiger partial charge in [0.2, 0.25) is 10.0 Å². The number of sulfonamides is 1. The van der Waals surface area contributed by atoms with E-state index in [1.165, 1.54) is 0 Å². The summed E-state index contributed by atoms with van der Waals surface area (Å²) in [4.78, 5) is 10.8. The maximum atomic E-state index is 13.9. The molecule has 0 radical (unpaired) electrons. The molecule has 2 N–H and O–H groups in total. The molecular formula is C10H9ClFNO5S. The third-order valence-corrected chi connectivity index (χ3v) is 3.54. The minimum absolute atomic E-state index is 0.137. The molecule has 9 heteroatoms. The first-order chi connectivity index (χ1) is 8.79. The molecule has 1 heterocycles. The summed E-state index contributed by atoms with van der Waals surface area (Å²) in [6, 6.07) is 1.81. The zero-order valence-electron chi connectivity index (χ0n) is 9.43. The summed E-state index contributed by atoms with van der Waals surface area (Å²) in [5.74, 6) is -2.30. The number of hydrogen-bond acceptors (Lipinski definition) is 5. The monoisotopic (exact) mass is 309 g/mol. The van der Waals surface area contributed by atoms with E-state index in [0.717, 1.165) is 12.1 Å². The summed E-state index contributed by atoms with van der Waals surface area (Å²) in [7, 11) is -4.32. The summed E-state index contributed by atoms with van der Waals surface area (Å²) < 4.78 is 45.9. The molecule has 104 valence electrons. The number of carbonyl (C=O) groups is 1. The fraction of sp³-hybridized carbons (Fsp3) is 0.300. The van der Waals surface area contributed by atoms with Crippen LogP contribution >= 0.6 is 11.6 Å². The molecule has 1 fully saturated rings. The standard InChI is InChI=1S/C10H9ClFNO5S/c11-5-1-7(10(14)18-6-3-17-4-6)9(12)8(2-5)19(13,15)16/h1-2,6H,3-4H2,(H2,13,15,16). The van der Waals surface area contributed by atoms with Gasteiger partial charge in [-0.3, -0.25) is 0 Å². The molecule has 0 aliphatic carbocycles.